The molecule has 0 aromatic heterocycles. The quantitative estimate of drug-likeness (QED) is 0.565. The predicted molar refractivity (Wildman–Crippen MR) is 77.1 cm³/mol. The van der Waals surface area contributed by atoms with E-state index in [9.17, 15) is 19.2 Å². The zero-order chi connectivity index (χ0) is 17.4. The van der Waals surface area contributed by atoms with Gasteiger partial charge in [-0.15, -0.1) is 0 Å². The molecule has 7 heteroatoms. The van der Waals surface area contributed by atoms with E-state index >= 15 is 0 Å². The van der Waals surface area contributed by atoms with Crippen LogP contribution in [-0.4, -0.2) is 41.5 Å². The van der Waals surface area contributed by atoms with E-state index in [4.69, 9.17) is 14.2 Å². The molecule has 0 radical (unpaired) electrons. The number of fused-ring (bicyclic) bond motifs is 3. The standard InChI is InChI=1S/C16H22O7/c1-5-21-13(19)10-7-16(8-12(18)22-15(2,3)4)11(17)6-9(10)14(20)23-16/h9-10H,5-8H2,1-4H3/t9-,10+,16+/m0/s1. The first-order valence-corrected chi connectivity index (χ1v) is 7.72. The van der Waals surface area contributed by atoms with E-state index in [1.165, 1.54) is 0 Å². The number of hydrogen-bond acceptors (Lipinski definition) is 7. The molecule has 1 aliphatic carbocycles. The Morgan fingerprint density at radius 1 is 1.30 bits per heavy atom. The van der Waals surface area contributed by atoms with E-state index in [1.807, 2.05) is 0 Å². The topological polar surface area (TPSA) is 96.0 Å². The molecule has 2 saturated heterocycles. The van der Waals surface area contributed by atoms with Gasteiger partial charge in [-0.25, -0.2) is 0 Å². The lowest BCUT2D eigenvalue weighted by Crippen LogP contribution is -2.61. The summed E-state index contributed by atoms with van der Waals surface area (Å²) in [6, 6.07) is 0. The lowest BCUT2D eigenvalue weighted by molar-refractivity contribution is -0.206. The van der Waals surface area contributed by atoms with E-state index in [0.29, 0.717) is 0 Å². The normalized spacial score (nSPS) is 29.9. The largest absolute Gasteiger partial charge is 0.466 e. The molecule has 3 atom stereocenters. The molecule has 3 fully saturated rings. The van der Waals surface area contributed by atoms with Crippen molar-refractivity contribution in [2.24, 2.45) is 11.8 Å². The zero-order valence-corrected chi connectivity index (χ0v) is 13.8. The van der Waals surface area contributed by atoms with Gasteiger partial charge in [0.25, 0.3) is 0 Å². The van der Waals surface area contributed by atoms with Crippen LogP contribution in [-0.2, 0) is 33.4 Å². The van der Waals surface area contributed by atoms with Crippen molar-refractivity contribution in [2.75, 3.05) is 6.61 Å². The van der Waals surface area contributed by atoms with Crippen molar-refractivity contribution in [3.05, 3.63) is 0 Å². The van der Waals surface area contributed by atoms with Crippen molar-refractivity contribution in [2.45, 2.75) is 58.2 Å². The van der Waals surface area contributed by atoms with Crippen molar-refractivity contribution in [3.8, 4) is 0 Å². The number of carbonyl (C=O) groups is 4. The van der Waals surface area contributed by atoms with Gasteiger partial charge in [0.15, 0.2) is 11.4 Å². The number of ether oxygens (including phenoxy) is 3. The van der Waals surface area contributed by atoms with Gasteiger partial charge in [-0.05, 0) is 27.7 Å². The van der Waals surface area contributed by atoms with Gasteiger partial charge in [-0.3, -0.25) is 19.2 Å². The van der Waals surface area contributed by atoms with Gasteiger partial charge < -0.3 is 14.2 Å². The summed E-state index contributed by atoms with van der Waals surface area (Å²) in [5, 5.41) is 0. The average Bonchev–Trinajstić information content (AvgIpc) is 2.38. The molecule has 128 valence electrons. The molecule has 0 spiro atoms. The monoisotopic (exact) mass is 326 g/mol. The number of carbonyl (C=O) groups excluding carboxylic acids is 4. The second-order valence-electron chi connectivity index (χ2n) is 6.98. The highest BCUT2D eigenvalue weighted by Crippen LogP contribution is 2.45. The first-order valence-electron chi connectivity index (χ1n) is 7.72. The van der Waals surface area contributed by atoms with E-state index in [-0.39, 0.29) is 31.7 Å². The number of hydrogen-bond donors (Lipinski definition) is 0. The molecule has 2 heterocycles. The Hall–Kier alpha value is -1.92. The number of ketones is 1. The summed E-state index contributed by atoms with van der Waals surface area (Å²) in [6.07, 6.45) is -0.511. The average molecular weight is 326 g/mol. The molecule has 0 amide bonds. The molecule has 0 N–H and O–H groups in total. The van der Waals surface area contributed by atoms with E-state index in [1.54, 1.807) is 27.7 Å². The fraction of sp³-hybridized carbons (Fsp3) is 0.750. The fourth-order valence-corrected chi connectivity index (χ4v) is 3.07. The number of Topliss-reactive ketones (excluding diaryl/α,β-unsaturated/α-hetero) is 1. The molecule has 0 aromatic rings. The van der Waals surface area contributed by atoms with Crippen molar-refractivity contribution < 1.29 is 33.4 Å². The molecule has 2 aliphatic heterocycles. The molecule has 23 heavy (non-hydrogen) atoms. The summed E-state index contributed by atoms with van der Waals surface area (Å²) >= 11 is 0. The molecule has 3 aliphatic rings. The fourth-order valence-electron chi connectivity index (χ4n) is 3.07. The molecule has 7 nitrogen and oxygen atoms in total. The molecular weight excluding hydrogens is 304 g/mol. The van der Waals surface area contributed by atoms with Crippen molar-refractivity contribution >= 4 is 23.7 Å². The lowest BCUT2D eigenvalue weighted by atomic mass is 9.66. The summed E-state index contributed by atoms with van der Waals surface area (Å²) in [5.74, 6) is -3.71. The van der Waals surface area contributed by atoms with Crippen LogP contribution < -0.4 is 0 Å². The number of rotatable bonds is 4. The van der Waals surface area contributed by atoms with Crippen LogP contribution in [0.3, 0.4) is 0 Å². The summed E-state index contributed by atoms with van der Waals surface area (Å²) in [4.78, 5) is 48.5. The minimum atomic E-state index is -1.61. The maximum absolute atomic E-state index is 12.3. The Bertz CT molecular complexity index is 545. The first-order chi connectivity index (χ1) is 10.6. The van der Waals surface area contributed by atoms with Gasteiger partial charge in [0.1, 0.15) is 5.60 Å². The van der Waals surface area contributed by atoms with E-state index < -0.39 is 40.9 Å². The highest BCUT2D eigenvalue weighted by atomic mass is 16.6. The molecule has 0 aromatic carbocycles. The minimum Gasteiger partial charge on any atom is -0.466 e. The highest BCUT2D eigenvalue weighted by molar-refractivity contribution is 6.02. The third kappa shape index (κ3) is 3.54. The smallest absolute Gasteiger partial charge is 0.311 e. The maximum Gasteiger partial charge on any atom is 0.311 e. The molecular formula is C16H22O7. The summed E-state index contributed by atoms with van der Waals surface area (Å²) in [6.45, 7) is 6.96. The summed E-state index contributed by atoms with van der Waals surface area (Å²) in [5.41, 5.74) is -2.32. The molecule has 3 rings (SSSR count). The summed E-state index contributed by atoms with van der Waals surface area (Å²) in [7, 11) is 0. The Balaban J connectivity index is 2.21. The predicted octanol–water partition coefficient (Wildman–Crippen LogP) is 1.17. The van der Waals surface area contributed by atoms with Gasteiger partial charge in [0.05, 0.1) is 24.9 Å². The first kappa shape index (κ1) is 17.4. The van der Waals surface area contributed by atoms with Crippen LogP contribution in [0.1, 0.15) is 47.0 Å². The maximum atomic E-state index is 12.3. The lowest BCUT2D eigenvalue weighted by Gasteiger charge is -2.46. The molecule has 1 saturated carbocycles. The van der Waals surface area contributed by atoms with Crippen LogP contribution in [0.15, 0.2) is 0 Å². The second kappa shape index (κ2) is 5.94. The third-order valence-corrected chi connectivity index (χ3v) is 3.99. The van der Waals surface area contributed by atoms with E-state index in [0.717, 1.165) is 0 Å². The summed E-state index contributed by atoms with van der Waals surface area (Å²) < 4.78 is 15.4. The Labute approximate surface area is 134 Å². The second-order valence-corrected chi connectivity index (χ2v) is 6.98. The highest BCUT2D eigenvalue weighted by Gasteiger charge is 2.61. The Kier molecular flexibility index (Phi) is 4.50. The van der Waals surface area contributed by atoms with Crippen molar-refractivity contribution in [3.63, 3.8) is 0 Å². The van der Waals surface area contributed by atoms with Gasteiger partial charge in [-0.2, -0.15) is 0 Å². The third-order valence-electron chi connectivity index (χ3n) is 3.99. The SMILES string of the molecule is CCOC(=O)[C@@H]1C[C@]2(CC(=O)OC(C)(C)C)OC(=O)[C@H]1CC2=O. The van der Waals surface area contributed by atoms with Crippen LogP contribution in [0.25, 0.3) is 0 Å². The zero-order valence-electron chi connectivity index (χ0n) is 13.8. The van der Waals surface area contributed by atoms with Gasteiger partial charge >= 0.3 is 17.9 Å². The van der Waals surface area contributed by atoms with Crippen LogP contribution in [0, 0.1) is 11.8 Å². The van der Waals surface area contributed by atoms with Gasteiger partial charge in [0.2, 0.25) is 0 Å². The molecule has 0 unspecified atom stereocenters. The van der Waals surface area contributed by atoms with Crippen LogP contribution in [0.4, 0.5) is 0 Å². The van der Waals surface area contributed by atoms with Crippen molar-refractivity contribution in [1.29, 1.82) is 0 Å². The van der Waals surface area contributed by atoms with Crippen LogP contribution in [0.5, 0.6) is 0 Å². The minimum absolute atomic E-state index is 0.0275. The van der Waals surface area contributed by atoms with Gasteiger partial charge in [0, 0.05) is 12.8 Å². The van der Waals surface area contributed by atoms with Crippen LogP contribution in [0.2, 0.25) is 0 Å². The number of esters is 3. The van der Waals surface area contributed by atoms with Crippen LogP contribution >= 0.6 is 0 Å². The van der Waals surface area contributed by atoms with Gasteiger partial charge in [-0.1, -0.05) is 0 Å². The van der Waals surface area contributed by atoms with Crippen molar-refractivity contribution in [1.82, 2.24) is 0 Å². The Morgan fingerprint density at radius 2 is 1.96 bits per heavy atom. The van der Waals surface area contributed by atoms with E-state index in [2.05, 4.69) is 0 Å². The molecule has 2 bridgehead atoms. The Morgan fingerprint density at radius 3 is 2.52 bits per heavy atom.